The maximum Gasteiger partial charge on any atom is 0.321 e. The maximum atomic E-state index is 10.8. The SMILES string of the molecule is C[C@@H]1[C@@H](C)C[C@@H](C(=O)O)N1PI. The molecule has 1 aliphatic rings. The number of hydrogen-bond donors (Lipinski definition) is 1. The standard InChI is InChI=1S/C7H13INO2P/c1-4-3-6(7(10)11)9(12-8)5(4)2/h4-6,12H,3H2,1-2H3,(H,10,11)/t4-,5+,6-/m0/s1. The summed E-state index contributed by atoms with van der Waals surface area (Å²) in [4.78, 5) is 10.8. The van der Waals surface area contributed by atoms with E-state index in [2.05, 4.69) is 40.6 Å². The van der Waals surface area contributed by atoms with Crippen LogP contribution >= 0.6 is 28.4 Å². The van der Waals surface area contributed by atoms with Crippen LogP contribution in [0.3, 0.4) is 0 Å². The fourth-order valence-electron chi connectivity index (χ4n) is 1.58. The van der Waals surface area contributed by atoms with Gasteiger partial charge in [0.25, 0.3) is 0 Å². The maximum absolute atomic E-state index is 10.8. The third kappa shape index (κ3) is 1.91. The summed E-state index contributed by atoms with van der Waals surface area (Å²) in [6.07, 6.45) is 1.37. The van der Waals surface area contributed by atoms with Crippen LogP contribution in [0, 0.1) is 5.92 Å². The highest BCUT2D eigenvalue weighted by atomic mass is 127. The van der Waals surface area contributed by atoms with E-state index in [0.29, 0.717) is 18.3 Å². The van der Waals surface area contributed by atoms with Gasteiger partial charge in [-0.2, -0.15) is 0 Å². The highest BCUT2D eigenvalue weighted by Gasteiger charge is 2.39. The highest BCUT2D eigenvalue weighted by molar-refractivity contribution is 14.2. The third-order valence-electron chi connectivity index (χ3n) is 2.58. The molecule has 3 nitrogen and oxygen atoms in total. The summed E-state index contributed by atoms with van der Waals surface area (Å²) in [6.45, 7) is 4.23. The van der Waals surface area contributed by atoms with E-state index in [-0.39, 0.29) is 6.04 Å². The van der Waals surface area contributed by atoms with Crippen molar-refractivity contribution in [2.24, 2.45) is 5.92 Å². The lowest BCUT2D eigenvalue weighted by Crippen LogP contribution is -2.32. The van der Waals surface area contributed by atoms with Crippen molar-refractivity contribution < 1.29 is 9.90 Å². The molecule has 1 fully saturated rings. The zero-order valence-corrected chi connectivity index (χ0v) is 10.3. The molecule has 4 atom stereocenters. The fourth-order valence-corrected chi connectivity index (χ4v) is 4.65. The van der Waals surface area contributed by atoms with Crippen LogP contribution in [0.1, 0.15) is 20.3 Å². The van der Waals surface area contributed by atoms with Crippen LogP contribution < -0.4 is 0 Å². The lowest BCUT2D eigenvalue weighted by Gasteiger charge is -2.23. The number of hydrogen-bond acceptors (Lipinski definition) is 2. The summed E-state index contributed by atoms with van der Waals surface area (Å²) in [7, 11) is 0. The Labute approximate surface area is 87.2 Å². The normalized spacial score (nSPS) is 38.1. The minimum Gasteiger partial charge on any atom is -0.480 e. The first-order valence-corrected chi connectivity index (χ1v) is 8.01. The van der Waals surface area contributed by atoms with Crippen molar-refractivity contribution in [1.82, 2.24) is 4.67 Å². The van der Waals surface area contributed by atoms with Gasteiger partial charge in [0.05, 0.1) is 0 Å². The van der Waals surface area contributed by atoms with Gasteiger partial charge in [0.15, 0.2) is 0 Å². The largest absolute Gasteiger partial charge is 0.480 e. The molecule has 1 rings (SSSR count). The van der Waals surface area contributed by atoms with Gasteiger partial charge in [-0.3, -0.25) is 9.46 Å². The molecule has 0 aliphatic carbocycles. The lowest BCUT2D eigenvalue weighted by atomic mass is 10.0. The van der Waals surface area contributed by atoms with Gasteiger partial charge in [-0.25, -0.2) is 0 Å². The predicted octanol–water partition coefficient (Wildman–Crippen LogP) is 2.11. The van der Waals surface area contributed by atoms with Gasteiger partial charge >= 0.3 is 5.97 Å². The Morgan fingerprint density at radius 1 is 1.67 bits per heavy atom. The van der Waals surface area contributed by atoms with E-state index in [1.165, 1.54) is 0 Å². The molecule has 1 heterocycles. The first-order valence-electron chi connectivity index (χ1n) is 3.95. The Bertz CT molecular complexity index is 190. The summed E-state index contributed by atoms with van der Waals surface area (Å²) in [5.41, 5.74) is 0. The average Bonchev–Trinajstić information content (AvgIpc) is 2.29. The summed E-state index contributed by atoms with van der Waals surface area (Å²) >= 11 is 2.25. The molecule has 0 saturated carbocycles. The molecule has 0 radical (unpaired) electrons. The summed E-state index contributed by atoms with van der Waals surface area (Å²) in [6, 6.07) is 0.173. The Balaban J connectivity index is 2.71. The zero-order chi connectivity index (χ0) is 9.30. The van der Waals surface area contributed by atoms with E-state index < -0.39 is 5.97 Å². The molecular weight excluding hydrogens is 288 g/mol. The zero-order valence-electron chi connectivity index (χ0n) is 7.12. The molecule has 70 valence electrons. The van der Waals surface area contributed by atoms with Crippen LogP contribution in [-0.2, 0) is 4.79 Å². The molecule has 0 aromatic rings. The molecule has 0 aromatic heterocycles. The number of nitrogens with zero attached hydrogens (tertiary/aromatic N) is 1. The van der Waals surface area contributed by atoms with E-state index in [4.69, 9.17) is 5.11 Å². The number of rotatable bonds is 2. The Morgan fingerprint density at radius 3 is 2.58 bits per heavy atom. The van der Waals surface area contributed by atoms with Crippen molar-refractivity contribution in [3.63, 3.8) is 0 Å². The van der Waals surface area contributed by atoms with Gasteiger partial charge in [-0.15, -0.1) is 0 Å². The second kappa shape index (κ2) is 4.20. The third-order valence-corrected chi connectivity index (χ3v) is 5.16. The fraction of sp³-hybridized carbons (Fsp3) is 0.857. The minimum atomic E-state index is -0.671. The van der Waals surface area contributed by atoms with Crippen LogP contribution in [-0.4, -0.2) is 27.8 Å². The highest BCUT2D eigenvalue weighted by Crippen LogP contribution is 2.41. The van der Waals surface area contributed by atoms with E-state index in [1.807, 2.05) is 0 Å². The molecule has 1 N–H and O–H groups in total. The molecule has 0 aromatic carbocycles. The number of carbonyl (C=O) groups is 1. The molecule has 0 spiro atoms. The van der Waals surface area contributed by atoms with Crippen LogP contribution in [0.4, 0.5) is 0 Å². The van der Waals surface area contributed by atoms with Crippen LogP contribution in [0.5, 0.6) is 0 Å². The summed E-state index contributed by atoms with van der Waals surface area (Å²) in [5, 5.41) is 8.91. The average molecular weight is 301 g/mol. The topological polar surface area (TPSA) is 40.5 Å². The summed E-state index contributed by atoms with van der Waals surface area (Å²) in [5.74, 6) is -0.163. The Morgan fingerprint density at radius 2 is 2.25 bits per heavy atom. The van der Waals surface area contributed by atoms with Crippen LogP contribution in [0.25, 0.3) is 0 Å². The first kappa shape index (κ1) is 10.7. The number of carboxylic acids is 1. The second-order valence-electron chi connectivity index (χ2n) is 3.30. The van der Waals surface area contributed by atoms with Gasteiger partial charge in [-0.05, 0) is 41.3 Å². The van der Waals surface area contributed by atoms with Gasteiger partial charge in [-0.1, -0.05) is 6.92 Å². The van der Waals surface area contributed by atoms with Gasteiger partial charge in [0, 0.05) is 12.4 Å². The predicted molar refractivity (Wildman–Crippen MR) is 58.8 cm³/mol. The van der Waals surface area contributed by atoms with Crippen molar-refractivity contribution in [2.45, 2.75) is 32.4 Å². The molecule has 5 heteroatoms. The number of halogens is 1. The van der Waals surface area contributed by atoms with E-state index in [0.717, 1.165) is 6.42 Å². The smallest absolute Gasteiger partial charge is 0.321 e. The Kier molecular flexibility index (Phi) is 3.74. The van der Waals surface area contributed by atoms with Crippen molar-refractivity contribution in [3.8, 4) is 0 Å². The quantitative estimate of drug-likeness (QED) is 0.627. The summed E-state index contributed by atoms with van der Waals surface area (Å²) < 4.78 is 2.08. The molecule has 1 unspecified atom stereocenters. The molecule has 0 amide bonds. The second-order valence-corrected chi connectivity index (χ2v) is 5.43. The first-order chi connectivity index (χ1) is 5.57. The van der Waals surface area contributed by atoms with E-state index >= 15 is 0 Å². The molecule has 1 aliphatic heterocycles. The van der Waals surface area contributed by atoms with Crippen molar-refractivity contribution >= 4 is 34.4 Å². The molecular formula is C7H13INO2P. The number of carboxylic acid groups (broad SMARTS) is 1. The van der Waals surface area contributed by atoms with Crippen LogP contribution in [0.2, 0.25) is 0 Å². The van der Waals surface area contributed by atoms with E-state index in [1.54, 1.807) is 0 Å². The van der Waals surface area contributed by atoms with Gasteiger partial charge < -0.3 is 5.11 Å². The van der Waals surface area contributed by atoms with Crippen molar-refractivity contribution in [3.05, 3.63) is 0 Å². The van der Waals surface area contributed by atoms with Crippen molar-refractivity contribution in [2.75, 3.05) is 0 Å². The minimum absolute atomic E-state index is 0.245. The monoisotopic (exact) mass is 301 g/mol. The van der Waals surface area contributed by atoms with E-state index in [9.17, 15) is 4.79 Å². The number of aliphatic carboxylic acids is 1. The lowest BCUT2D eigenvalue weighted by molar-refractivity contribution is -0.140. The van der Waals surface area contributed by atoms with Gasteiger partial charge in [0.2, 0.25) is 0 Å². The Hall–Kier alpha value is 0.590. The van der Waals surface area contributed by atoms with Gasteiger partial charge in [0.1, 0.15) is 6.04 Å². The molecule has 0 bridgehead atoms. The molecule has 12 heavy (non-hydrogen) atoms. The van der Waals surface area contributed by atoms with Crippen molar-refractivity contribution in [1.29, 1.82) is 0 Å². The molecule has 1 saturated heterocycles. The van der Waals surface area contributed by atoms with Crippen LogP contribution in [0.15, 0.2) is 0 Å².